The zero-order chi connectivity index (χ0) is 13.1. The number of carbonyl (C=O) groups is 1. The molecule has 0 bridgehead atoms. The molecule has 0 aliphatic carbocycles. The molecule has 0 saturated carbocycles. The molecule has 0 fully saturated rings. The molecule has 1 aromatic heterocycles. The summed E-state index contributed by atoms with van der Waals surface area (Å²) in [6.07, 6.45) is 1.66. The predicted octanol–water partition coefficient (Wildman–Crippen LogP) is 4.06. The van der Waals surface area contributed by atoms with Crippen LogP contribution in [0.2, 0.25) is 5.02 Å². The van der Waals surface area contributed by atoms with Crippen LogP contribution >= 0.6 is 27.5 Å². The molecule has 0 N–H and O–H groups in total. The molecule has 5 heteroatoms. The Bertz CT molecular complexity index is 586. The van der Waals surface area contributed by atoms with Crippen LogP contribution in [0.3, 0.4) is 0 Å². The summed E-state index contributed by atoms with van der Waals surface area (Å²) in [5.74, 6) is -0.927. The van der Waals surface area contributed by atoms with Crippen molar-refractivity contribution in [1.29, 1.82) is 0 Å². The normalized spacial score (nSPS) is 10.4. The van der Waals surface area contributed by atoms with Crippen LogP contribution in [0.4, 0.5) is 4.39 Å². The standard InChI is InChI=1S/C13H8BrClFNO/c14-8-1-3-10(17-7-8)6-13(18)11-4-2-9(15)5-12(11)16/h1-5,7H,6H2. The smallest absolute Gasteiger partial charge is 0.171 e. The highest BCUT2D eigenvalue weighted by molar-refractivity contribution is 9.10. The van der Waals surface area contributed by atoms with Gasteiger partial charge < -0.3 is 0 Å². The minimum atomic E-state index is -0.607. The fourth-order valence-corrected chi connectivity index (χ4v) is 1.88. The van der Waals surface area contributed by atoms with E-state index >= 15 is 0 Å². The summed E-state index contributed by atoms with van der Waals surface area (Å²) in [6.45, 7) is 0. The van der Waals surface area contributed by atoms with E-state index in [4.69, 9.17) is 11.6 Å². The lowest BCUT2D eigenvalue weighted by Crippen LogP contribution is -2.07. The predicted molar refractivity (Wildman–Crippen MR) is 71.4 cm³/mol. The van der Waals surface area contributed by atoms with Gasteiger partial charge in [-0.1, -0.05) is 11.6 Å². The molecule has 0 atom stereocenters. The molecule has 2 aromatic rings. The lowest BCUT2D eigenvalue weighted by Gasteiger charge is -2.03. The third kappa shape index (κ3) is 3.15. The van der Waals surface area contributed by atoms with Gasteiger partial charge in [0.25, 0.3) is 0 Å². The van der Waals surface area contributed by atoms with Crippen LogP contribution in [-0.4, -0.2) is 10.8 Å². The number of hydrogen-bond acceptors (Lipinski definition) is 2. The van der Waals surface area contributed by atoms with Crippen LogP contribution in [-0.2, 0) is 6.42 Å². The number of Topliss-reactive ketones (excluding diaryl/α,β-unsaturated/α-hetero) is 1. The first-order valence-electron chi connectivity index (χ1n) is 5.15. The number of pyridine rings is 1. The monoisotopic (exact) mass is 327 g/mol. The SMILES string of the molecule is O=C(Cc1ccc(Br)cn1)c1ccc(Cl)cc1F. The highest BCUT2D eigenvalue weighted by atomic mass is 79.9. The van der Waals surface area contributed by atoms with Crippen LogP contribution < -0.4 is 0 Å². The van der Waals surface area contributed by atoms with Gasteiger partial charge >= 0.3 is 0 Å². The molecule has 2 nitrogen and oxygen atoms in total. The van der Waals surface area contributed by atoms with Gasteiger partial charge in [-0.3, -0.25) is 9.78 Å². The van der Waals surface area contributed by atoms with Gasteiger partial charge in [0.15, 0.2) is 5.78 Å². The summed E-state index contributed by atoms with van der Waals surface area (Å²) in [5, 5.41) is 0.269. The highest BCUT2D eigenvalue weighted by Gasteiger charge is 2.13. The van der Waals surface area contributed by atoms with Crippen molar-refractivity contribution in [3.8, 4) is 0 Å². The summed E-state index contributed by atoms with van der Waals surface area (Å²) in [7, 11) is 0. The Labute approximate surface area is 117 Å². The zero-order valence-corrected chi connectivity index (χ0v) is 11.5. The van der Waals surface area contributed by atoms with Crippen molar-refractivity contribution >= 4 is 33.3 Å². The summed E-state index contributed by atoms with van der Waals surface area (Å²) in [6, 6.07) is 7.51. The number of hydrogen-bond donors (Lipinski definition) is 0. The van der Waals surface area contributed by atoms with Crippen molar-refractivity contribution in [3.63, 3.8) is 0 Å². The molecular weight excluding hydrogens is 321 g/mol. The maximum Gasteiger partial charge on any atom is 0.171 e. The van der Waals surface area contributed by atoms with Gasteiger partial charge in [-0.05, 0) is 46.3 Å². The molecule has 92 valence electrons. The van der Waals surface area contributed by atoms with E-state index in [1.165, 1.54) is 12.1 Å². The van der Waals surface area contributed by atoms with Gasteiger partial charge in [-0.2, -0.15) is 0 Å². The van der Waals surface area contributed by atoms with Gasteiger partial charge in [0.05, 0.1) is 12.0 Å². The van der Waals surface area contributed by atoms with E-state index in [-0.39, 0.29) is 22.8 Å². The maximum absolute atomic E-state index is 13.5. The minimum absolute atomic E-state index is 0.0316. The fraction of sp³-hybridized carbons (Fsp3) is 0.0769. The van der Waals surface area contributed by atoms with E-state index in [1.54, 1.807) is 18.3 Å². The molecule has 0 unspecified atom stereocenters. The van der Waals surface area contributed by atoms with Crippen LogP contribution in [0.5, 0.6) is 0 Å². The summed E-state index contributed by atoms with van der Waals surface area (Å²) >= 11 is 8.88. The number of rotatable bonds is 3. The first-order valence-corrected chi connectivity index (χ1v) is 6.32. The largest absolute Gasteiger partial charge is 0.294 e. The molecule has 0 aliphatic heterocycles. The van der Waals surface area contributed by atoms with E-state index < -0.39 is 5.82 Å². The average molecular weight is 329 g/mol. The van der Waals surface area contributed by atoms with Crippen molar-refractivity contribution in [2.24, 2.45) is 0 Å². The van der Waals surface area contributed by atoms with Gasteiger partial charge in [-0.15, -0.1) is 0 Å². The van der Waals surface area contributed by atoms with Crippen LogP contribution in [0.15, 0.2) is 41.0 Å². The van der Waals surface area contributed by atoms with Crippen LogP contribution in [0.25, 0.3) is 0 Å². The minimum Gasteiger partial charge on any atom is -0.294 e. The molecule has 0 spiro atoms. The van der Waals surface area contributed by atoms with Gasteiger partial charge in [0.1, 0.15) is 5.82 Å². The molecule has 0 amide bonds. The topological polar surface area (TPSA) is 30.0 Å². The Morgan fingerprint density at radius 2 is 2.11 bits per heavy atom. The summed E-state index contributed by atoms with van der Waals surface area (Å²) < 4.78 is 14.4. The Morgan fingerprint density at radius 3 is 2.72 bits per heavy atom. The summed E-state index contributed by atoms with van der Waals surface area (Å²) in [5.41, 5.74) is 0.627. The molecule has 1 aromatic carbocycles. The van der Waals surface area contributed by atoms with Gasteiger partial charge in [0.2, 0.25) is 0 Å². The third-order valence-electron chi connectivity index (χ3n) is 2.36. The van der Waals surface area contributed by atoms with Crippen molar-refractivity contribution in [2.75, 3.05) is 0 Å². The number of aromatic nitrogens is 1. The lowest BCUT2D eigenvalue weighted by atomic mass is 10.1. The number of nitrogens with zero attached hydrogens (tertiary/aromatic N) is 1. The van der Waals surface area contributed by atoms with E-state index in [0.29, 0.717) is 5.69 Å². The Hall–Kier alpha value is -1.26. The number of halogens is 3. The summed E-state index contributed by atoms with van der Waals surface area (Å²) in [4.78, 5) is 16.0. The van der Waals surface area contributed by atoms with Crippen molar-refractivity contribution in [2.45, 2.75) is 6.42 Å². The number of carbonyl (C=O) groups excluding carboxylic acids is 1. The van der Waals surface area contributed by atoms with Crippen LogP contribution in [0.1, 0.15) is 16.1 Å². The molecule has 0 saturated heterocycles. The molecule has 0 aliphatic rings. The maximum atomic E-state index is 13.5. The molecule has 18 heavy (non-hydrogen) atoms. The average Bonchev–Trinajstić information content (AvgIpc) is 2.32. The van der Waals surface area contributed by atoms with Crippen LogP contribution in [0, 0.1) is 5.82 Å². The first-order chi connectivity index (χ1) is 8.56. The van der Waals surface area contributed by atoms with Crippen molar-refractivity contribution in [1.82, 2.24) is 4.98 Å². The third-order valence-corrected chi connectivity index (χ3v) is 3.07. The fourth-order valence-electron chi connectivity index (χ4n) is 1.49. The molecular formula is C13H8BrClFNO. The van der Waals surface area contributed by atoms with E-state index in [0.717, 1.165) is 10.5 Å². The molecule has 1 heterocycles. The van der Waals surface area contributed by atoms with E-state index in [2.05, 4.69) is 20.9 Å². The number of ketones is 1. The molecule has 2 rings (SSSR count). The Balaban J connectivity index is 2.19. The van der Waals surface area contributed by atoms with Gasteiger partial charge in [-0.25, -0.2) is 4.39 Å². The Morgan fingerprint density at radius 1 is 1.33 bits per heavy atom. The second kappa shape index (κ2) is 5.59. The number of benzene rings is 1. The van der Waals surface area contributed by atoms with Crippen molar-refractivity contribution in [3.05, 3.63) is 63.1 Å². The van der Waals surface area contributed by atoms with Gasteiger partial charge in [0, 0.05) is 21.4 Å². The Kier molecular flexibility index (Phi) is 4.09. The second-order valence-corrected chi connectivity index (χ2v) is 5.04. The van der Waals surface area contributed by atoms with E-state index in [1.807, 2.05) is 0 Å². The van der Waals surface area contributed by atoms with Crippen molar-refractivity contribution < 1.29 is 9.18 Å². The quantitative estimate of drug-likeness (QED) is 0.795. The van der Waals surface area contributed by atoms with E-state index in [9.17, 15) is 9.18 Å². The second-order valence-electron chi connectivity index (χ2n) is 3.69. The lowest BCUT2D eigenvalue weighted by molar-refractivity contribution is 0.0988. The molecule has 0 radical (unpaired) electrons. The first kappa shape index (κ1) is 13.2. The highest BCUT2D eigenvalue weighted by Crippen LogP contribution is 2.16. The zero-order valence-electron chi connectivity index (χ0n) is 9.16.